The molecule has 2 aromatic rings. The fourth-order valence-corrected chi connectivity index (χ4v) is 3.77. The van der Waals surface area contributed by atoms with Crippen LogP contribution in [0.15, 0.2) is 41.3 Å². The lowest BCUT2D eigenvalue weighted by molar-refractivity contribution is -0.251. The predicted molar refractivity (Wildman–Crippen MR) is 112 cm³/mol. The monoisotopic (exact) mass is 529 g/mol. The average Bonchev–Trinajstić information content (AvgIpc) is 2.71. The van der Waals surface area contributed by atoms with E-state index in [1.165, 1.54) is 19.2 Å². The lowest BCUT2D eigenvalue weighted by Crippen LogP contribution is -2.61. The van der Waals surface area contributed by atoms with Crippen LogP contribution in [0.4, 0.5) is 37.8 Å². The molecule has 194 valence electrons. The Labute approximate surface area is 196 Å². The molecule has 0 aliphatic heterocycles. The molecule has 1 amide bonds. The van der Waals surface area contributed by atoms with Crippen LogP contribution < -0.4 is 19.9 Å². The minimum atomic E-state index is -5.82. The van der Waals surface area contributed by atoms with Crippen LogP contribution in [0.2, 0.25) is 0 Å². The van der Waals surface area contributed by atoms with E-state index in [4.69, 9.17) is 4.74 Å². The van der Waals surface area contributed by atoms with E-state index in [0.717, 1.165) is 12.1 Å². The number of rotatable bonds is 9. The van der Waals surface area contributed by atoms with Crippen LogP contribution in [0.3, 0.4) is 0 Å². The summed E-state index contributed by atoms with van der Waals surface area (Å²) in [5, 5.41) is 6.76. The summed E-state index contributed by atoms with van der Waals surface area (Å²) in [4.78, 5) is 11.6. The van der Waals surface area contributed by atoms with Crippen LogP contribution >= 0.6 is 0 Å². The third kappa shape index (κ3) is 7.60. The number of carbonyl (C=O) groups excluding carboxylic acids is 1. The largest absolute Gasteiger partial charge is 0.480 e. The van der Waals surface area contributed by atoms with Crippen molar-refractivity contribution in [2.24, 2.45) is 5.92 Å². The summed E-state index contributed by atoms with van der Waals surface area (Å²) < 4.78 is 112. The first-order valence-electron chi connectivity index (χ1n) is 9.77. The highest BCUT2D eigenvalue weighted by molar-refractivity contribution is 7.92. The number of benzene rings is 1. The Bertz CT molecular complexity index is 1090. The molecule has 0 saturated heterocycles. The van der Waals surface area contributed by atoms with Crippen LogP contribution in [0, 0.1) is 5.92 Å². The Morgan fingerprint density at radius 3 is 2.00 bits per heavy atom. The van der Waals surface area contributed by atoms with Gasteiger partial charge >= 0.3 is 12.4 Å². The number of sulfonamides is 1. The molecular weight excluding hydrogens is 508 g/mol. The summed E-state index contributed by atoms with van der Waals surface area (Å²) in [6, 6.07) is 1.41. The minimum Gasteiger partial charge on any atom is -0.480 e. The number of ether oxygens (including phenoxy) is 1. The van der Waals surface area contributed by atoms with Gasteiger partial charge in [0, 0.05) is 12.5 Å². The van der Waals surface area contributed by atoms with Crippen molar-refractivity contribution in [1.82, 2.24) is 15.6 Å². The molecule has 2 rings (SSSR count). The predicted octanol–water partition coefficient (Wildman–Crippen LogP) is 3.66. The van der Waals surface area contributed by atoms with E-state index in [-0.39, 0.29) is 29.0 Å². The van der Waals surface area contributed by atoms with Crippen molar-refractivity contribution in [3.8, 4) is 5.88 Å². The number of anilines is 2. The molecule has 0 radical (unpaired) electrons. The van der Waals surface area contributed by atoms with Crippen LogP contribution in [0.25, 0.3) is 0 Å². The number of nitrogens with one attached hydrogen (secondary N) is 2. The fourth-order valence-electron chi connectivity index (χ4n) is 2.77. The van der Waals surface area contributed by atoms with Gasteiger partial charge in [-0.25, -0.2) is 8.42 Å². The number of carbonyl (C=O) groups is 1. The van der Waals surface area contributed by atoms with E-state index < -0.39 is 44.9 Å². The molecule has 16 heteroatoms. The van der Waals surface area contributed by atoms with E-state index in [1.807, 2.05) is 0 Å². The third-order valence-corrected chi connectivity index (χ3v) is 5.60. The van der Waals surface area contributed by atoms with Gasteiger partial charge in [-0.15, -0.1) is 10.2 Å². The molecule has 9 nitrogen and oxygen atoms in total. The van der Waals surface area contributed by atoms with Gasteiger partial charge in [0.2, 0.25) is 17.8 Å². The van der Waals surface area contributed by atoms with Crippen molar-refractivity contribution >= 4 is 27.4 Å². The summed E-state index contributed by atoms with van der Waals surface area (Å²) >= 11 is 0. The maximum absolute atomic E-state index is 13.4. The van der Waals surface area contributed by atoms with Crippen molar-refractivity contribution in [2.45, 2.75) is 43.6 Å². The van der Waals surface area contributed by atoms with Crippen LogP contribution in [-0.2, 0) is 14.8 Å². The number of amides is 1. The smallest absolute Gasteiger partial charge is 0.419 e. The van der Waals surface area contributed by atoms with Crippen LogP contribution in [-0.4, -0.2) is 50.0 Å². The normalized spacial score (nSPS) is 12.5. The number of hydrazine groups is 1. The lowest BCUT2D eigenvalue weighted by Gasteiger charge is -2.35. The van der Waals surface area contributed by atoms with Gasteiger partial charge < -0.3 is 4.74 Å². The zero-order chi connectivity index (χ0) is 26.6. The van der Waals surface area contributed by atoms with Crippen molar-refractivity contribution in [3.63, 3.8) is 0 Å². The number of nitrogens with zero attached hydrogens (tertiary/aromatic N) is 3. The minimum absolute atomic E-state index is 0.0980. The van der Waals surface area contributed by atoms with Crippen LogP contribution in [0.1, 0.15) is 20.3 Å². The maximum atomic E-state index is 13.4. The second-order valence-electron chi connectivity index (χ2n) is 7.55. The summed E-state index contributed by atoms with van der Waals surface area (Å²) in [7, 11) is -3.02. The Morgan fingerprint density at radius 2 is 1.57 bits per heavy atom. The molecule has 0 bridgehead atoms. The summed E-state index contributed by atoms with van der Waals surface area (Å²) in [5.74, 6) is -1.56. The van der Waals surface area contributed by atoms with E-state index in [1.54, 1.807) is 19.3 Å². The van der Waals surface area contributed by atoms with E-state index in [9.17, 15) is 39.6 Å². The molecule has 0 saturated carbocycles. The molecule has 2 N–H and O–H groups in total. The topological polar surface area (TPSA) is 114 Å². The number of hydrogen-bond acceptors (Lipinski definition) is 7. The Balaban J connectivity index is 2.41. The molecule has 1 aromatic carbocycles. The number of hydrogen-bond donors (Lipinski definition) is 2. The molecule has 0 unspecified atom stereocenters. The standard InChI is InChI=1S/C19H21F6N5O4S/c1-11(2)10-15(31)28-30(17(18(20,21)22)19(23,24)25)12-4-6-13(7-5-12)35(32,33)29-14-8-9-16(34-3)27-26-14/h4-9,11,17H,10H2,1-3H3,(H,26,29)(H,28,31). The molecule has 0 atom stereocenters. The molecule has 0 spiro atoms. The highest BCUT2D eigenvalue weighted by atomic mass is 32.2. The summed E-state index contributed by atoms with van der Waals surface area (Å²) in [6.07, 6.45) is -12.0. The fraction of sp³-hybridized carbons (Fsp3) is 0.421. The van der Waals surface area contributed by atoms with Gasteiger partial charge in [0.1, 0.15) is 0 Å². The van der Waals surface area contributed by atoms with Gasteiger partial charge in [0.25, 0.3) is 10.0 Å². The van der Waals surface area contributed by atoms with Crippen molar-refractivity contribution in [2.75, 3.05) is 16.8 Å². The SMILES string of the molecule is COc1ccc(NS(=O)(=O)c2ccc(N(NC(=O)CC(C)C)C(C(F)(F)F)C(F)(F)F)cc2)nn1. The Hall–Kier alpha value is -3.30. The van der Waals surface area contributed by atoms with E-state index in [2.05, 4.69) is 14.9 Å². The second-order valence-corrected chi connectivity index (χ2v) is 9.23. The number of halogens is 6. The molecule has 1 aromatic heterocycles. The lowest BCUT2D eigenvalue weighted by atomic mass is 10.1. The first-order chi connectivity index (χ1) is 16.0. The maximum Gasteiger partial charge on any atom is 0.419 e. The van der Waals surface area contributed by atoms with Crippen LogP contribution in [0.5, 0.6) is 5.88 Å². The number of methoxy groups -OCH3 is 1. The molecule has 0 fully saturated rings. The molecular formula is C19H21F6N5O4S. The van der Waals surface area contributed by atoms with Crippen molar-refractivity contribution in [3.05, 3.63) is 36.4 Å². The Morgan fingerprint density at radius 1 is 1.00 bits per heavy atom. The highest BCUT2D eigenvalue weighted by Crippen LogP contribution is 2.38. The van der Waals surface area contributed by atoms with Gasteiger partial charge in [-0.1, -0.05) is 13.8 Å². The average molecular weight is 529 g/mol. The zero-order valence-electron chi connectivity index (χ0n) is 18.5. The summed E-state index contributed by atoms with van der Waals surface area (Å²) in [6.45, 7) is 3.10. The molecule has 0 aliphatic carbocycles. The molecule has 0 aliphatic rings. The van der Waals surface area contributed by atoms with Gasteiger partial charge in [-0.05, 0) is 36.2 Å². The highest BCUT2D eigenvalue weighted by Gasteiger charge is 2.60. The number of alkyl halides is 6. The summed E-state index contributed by atoms with van der Waals surface area (Å²) in [5.41, 5.74) is 0.900. The third-order valence-electron chi connectivity index (χ3n) is 4.23. The molecule has 35 heavy (non-hydrogen) atoms. The van der Waals surface area contributed by atoms with Gasteiger partial charge in [0.15, 0.2) is 5.82 Å². The quantitative estimate of drug-likeness (QED) is 0.377. The van der Waals surface area contributed by atoms with E-state index in [0.29, 0.717) is 12.1 Å². The van der Waals surface area contributed by atoms with Gasteiger partial charge in [-0.3, -0.25) is 20.0 Å². The van der Waals surface area contributed by atoms with Gasteiger partial charge in [-0.2, -0.15) is 26.3 Å². The van der Waals surface area contributed by atoms with Crippen molar-refractivity contribution < 1.29 is 44.3 Å². The Kier molecular flexibility index (Phi) is 8.41. The van der Waals surface area contributed by atoms with Crippen molar-refractivity contribution in [1.29, 1.82) is 0 Å². The first-order valence-corrected chi connectivity index (χ1v) is 11.3. The van der Waals surface area contributed by atoms with E-state index >= 15 is 0 Å². The zero-order valence-corrected chi connectivity index (χ0v) is 19.3. The first kappa shape index (κ1) is 27.9. The molecule has 1 heterocycles. The second kappa shape index (κ2) is 10.5. The number of aromatic nitrogens is 2. The van der Waals surface area contributed by atoms with Gasteiger partial charge in [0.05, 0.1) is 17.7 Å².